The molecule has 0 radical (unpaired) electrons. The van der Waals surface area contributed by atoms with Crippen molar-refractivity contribution >= 4 is 11.6 Å². The van der Waals surface area contributed by atoms with Gasteiger partial charge < -0.3 is 15.2 Å². The van der Waals surface area contributed by atoms with Gasteiger partial charge in [-0.15, -0.1) is 0 Å². The van der Waals surface area contributed by atoms with Crippen LogP contribution in [0.15, 0.2) is 12.1 Å². The molecule has 0 aromatic heterocycles. The van der Waals surface area contributed by atoms with Crippen molar-refractivity contribution in [2.45, 2.75) is 19.4 Å². The van der Waals surface area contributed by atoms with E-state index in [0.29, 0.717) is 17.2 Å². The van der Waals surface area contributed by atoms with E-state index in [4.69, 9.17) is 21.4 Å². The van der Waals surface area contributed by atoms with Crippen molar-refractivity contribution in [2.75, 3.05) is 20.8 Å². The number of rotatable bonds is 5. The molecule has 0 aliphatic carbocycles. The molecule has 4 heteroatoms. The molecule has 1 unspecified atom stereocenters. The summed E-state index contributed by atoms with van der Waals surface area (Å²) in [5.74, 6) is 0.682. The van der Waals surface area contributed by atoms with Crippen molar-refractivity contribution in [3.63, 3.8) is 0 Å². The van der Waals surface area contributed by atoms with Crippen LogP contribution in [0.1, 0.15) is 23.6 Å². The number of hydrogen-bond donors (Lipinski definition) is 2. The van der Waals surface area contributed by atoms with E-state index in [1.165, 1.54) is 0 Å². The highest BCUT2D eigenvalue weighted by atomic mass is 35.5. The molecule has 3 nitrogen and oxygen atoms in total. The van der Waals surface area contributed by atoms with Crippen molar-refractivity contribution in [1.82, 2.24) is 5.32 Å². The first-order valence-corrected chi connectivity index (χ1v) is 5.64. The third kappa shape index (κ3) is 2.88. The zero-order valence-electron chi connectivity index (χ0n) is 9.88. The molecule has 0 fully saturated rings. The average Bonchev–Trinajstić information content (AvgIpc) is 2.28. The van der Waals surface area contributed by atoms with Crippen molar-refractivity contribution in [1.29, 1.82) is 0 Å². The third-order valence-electron chi connectivity index (χ3n) is 2.68. The molecule has 0 heterocycles. The fourth-order valence-corrected chi connectivity index (χ4v) is 2.04. The standard InChI is InChI=1S/C12H18ClNO2/c1-8-6-12(16-3)10(13)7-9(8)11(14-2)4-5-15/h6-7,11,14-15H,4-5H2,1-3H3. The van der Waals surface area contributed by atoms with Crippen molar-refractivity contribution in [3.05, 3.63) is 28.3 Å². The van der Waals surface area contributed by atoms with Gasteiger partial charge in [0, 0.05) is 12.6 Å². The minimum atomic E-state index is 0.119. The van der Waals surface area contributed by atoms with Gasteiger partial charge in [-0.05, 0) is 43.7 Å². The van der Waals surface area contributed by atoms with Crippen molar-refractivity contribution in [2.24, 2.45) is 0 Å². The topological polar surface area (TPSA) is 41.5 Å². The van der Waals surface area contributed by atoms with Gasteiger partial charge in [0.1, 0.15) is 5.75 Å². The van der Waals surface area contributed by atoms with Crippen LogP contribution in [-0.4, -0.2) is 25.9 Å². The maximum Gasteiger partial charge on any atom is 0.137 e. The van der Waals surface area contributed by atoms with Gasteiger partial charge in [0.05, 0.1) is 12.1 Å². The zero-order chi connectivity index (χ0) is 12.1. The van der Waals surface area contributed by atoms with Crippen LogP contribution < -0.4 is 10.1 Å². The summed E-state index contributed by atoms with van der Waals surface area (Å²) in [6.07, 6.45) is 0.667. The van der Waals surface area contributed by atoms with E-state index in [1.54, 1.807) is 7.11 Å². The molecule has 0 aliphatic rings. The second-order valence-corrected chi connectivity index (χ2v) is 4.10. The number of benzene rings is 1. The lowest BCUT2D eigenvalue weighted by Crippen LogP contribution is -2.18. The summed E-state index contributed by atoms with van der Waals surface area (Å²) in [6.45, 7) is 2.16. The lowest BCUT2D eigenvalue weighted by atomic mass is 9.99. The van der Waals surface area contributed by atoms with Gasteiger partial charge >= 0.3 is 0 Å². The third-order valence-corrected chi connectivity index (χ3v) is 2.98. The number of ether oxygens (including phenoxy) is 1. The van der Waals surface area contributed by atoms with E-state index < -0.39 is 0 Å². The molecular formula is C12H18ClNO2. The Labute approximate surface area is 101 Å². The van der Waals surface area contributed by atoms with Crippen LogP contribution >= 0.6 is 11.6 Å². The van der Waals surface area contributed by atoms with Crippen LogP contribution in [0.5, 0.6) is 5.75 Å². The van der Waals surface area contributed by atoms with E-state index in [9.17, 15) is 0 Å². The number of methoxy groups -OCH3 is 1. The molecule has 0 saturated carbocycles. The average molecular weight is 244 g/mol. The largest absolute Gasteiger partial charge is 0.495 e. The first-order chi connectivity index (χ1) is 7.63. The van der Waals surface area contributed by atoms with Gasteiger partial charge in [-0.25, -0.2) is 0 Å². The molecule has 90 valence electrons. The summed E-state index contributed by atoms with van der Waals surface area (Å²) in [4.78, 5) is 0. The SMILES string of the molecule is CNC(CCO)c1cc(Cl)c(OC)cc1C. The van der Waals surface area contributed by atoms with Crippen LogP contribution in [0.2, 0.25) is 5.02 Å². The summed E-state index contributed by atoms with van der Waals surface area (Å²) in [7, 11) is 3.47. The fraction of sp³-hybridized carbons (Fsp3) is 0.500. The van der Waals surface area contributed by atoms with Crippen LogP contribution in [-0.2, 0) is 0 Å². The zero-order valence-corrected chi connectivity index (χ0v) is 10.6. The Balaban J connectivity index is 3.08. The Kier molecular flexibility index (Phi) is 5.06. The molecule has 1 atom stereocenters. The molecule has 2 N–H and O–H groups in total. The van der Waals surface area contributed by atoms with Crippen LogP contribution in [0.4, 0.5) is 0 Å². The maximum atomic E-state index is 8.99. The van der Waals surface area contributed by atoms with Crippen LogP contribution in [0, 0.1) is 6.92 Å². The van der Waals surface area contributed by atoms with E-state index in [1.807, 2.05) is 26.1 Å². The summed E-state index contributed by atoms with van der Waals surface area (Å²) >= 11 is 6.09. The smallest absolute Gasteiger partial charge is 0.137 e. The molecule has 0 aliphatic heterocycles. The molecular weight excluding hydrogens is 226 g/mol. The Morgan fingerprint density at radius 1 is 1.50 bits per heavy atom. The lowest BCUT2D eigenvalue weighted by molar-refractivity contribution is 0.268. The lowest BCUT2D eigenvalue weighted by Gasteiger charge is -2.19. The molecule has 16 heavy (non-hydrogen) atoms. The minimum Gasteiger partial charge on any atom is -0.495 e. The maximum absolute atomic E-state index is 8.99. The van der Waals surface area contributed by atoms with Crippen molar-refractivity contribution in [3.8, 4) is 5.75 Å². The second-order valence-electron chi connectivity index (χ2n) is 3.70. The summed E-state index contributed by atoms with van der Waals surface area (Å²) < 4.78 is 5.15. The number of hydrogen-bond acceptors (Lipinski definition) is 3. The van der Waals surface area contributed by atoms with Gasteiger partial charge in [0.2, 0.25) is 0 Å². The highest BCUT2D eigenvalue weighted by molar-refractivity contribution is 6.32. The van der Waals surface area contributed by atoms with Crippen LogP contribution in [0.25, 0.3) is 0 Å². The fourth-order valence-electron chi connectivity index (χ4n) is 1.79. The quantitative estimate of drug-likeness (QED) is 0.834. The van der Waals surface area contributed by atoms with Gasteiger partial charge in [0.25, 0.3) is 0 Å². The Bertz CT molecular complexity index is 355. The van der Waals surface area contributed by atoms with Crippen molar-refractivity contribution < 1.29 is 9.84 Å². The Morgan fingerprint density at radius 3 is 2.69 bits per heavy atom. The van der Waals surface area contributed by atoms with Crippen LogP contribution in [0.3, 0.4) is 0 Å². The monoisotopic (exact) mass is 243 g/mol. The molecule has 0 spiro atoms. The second kappa shape index (κ2) is 6.09. The van der Waals surface area contributed by atoms with Gasteiger partial charge in [-0.3, -0.25) is 0 Å². The Hall–Kier alpha value is -0.770. The molecule has 1 rings (SSSR count). The molecule has 0 bridgehead atoms. The summed E-state index contributed by atoms with van der Waals surface area (Å²) in [5.41, 5.74) is 2.20. The molecule has 0 amide bonds. The van der Waals surface area contributed by atoms with Gasteiger partial charge in [0.15, 0.2) is 0 Å². The predicted octanol–water partition coefficient (Wildman–Crippen LogP) is 2.30. The van der Waals surface area contributed by atoms with E-state index in [0.717, 1.165) is 11.1 Å². The minimum absolute atomic E-state index is 0.119. The highest BCUT2D eigenvalue weighted by Gasteiger charge is 2.14. The Morgan fingerprint density at radius 2 is 2.19 bits per heavy atom. The van der Waals surface area contributed by atoms with Gasteiger partial charge in [-0.1, -0.05) is 11.6 Å². The number of nitrogens with one attached hydrogen (secondary N) is 1. The highest BCUT2D eigenvalue weighted by Crippen LogP contribution is 2.31. The van der Waals surface area contributed by atoms with E-state index in [2.05, 4.69) is 5.32 Å². The van der Waals surface area contributed by atoms with E-state index in [-0.39, 0.29) is 12.6 Å². The summed E-state index contributed by atoms with van der Waals surface area (Å²) in [5, 5.41) is 12.8. The number of aliphatic hydroxyl groups is 1. The normalized spacial score (nSPS) is 12.6. The number of halogens is 1. The number of aryl methyl sites for hydroxylation is 1. The molecule has 1 aromatic carbocycles. The number of aliphatic hydroxyl groups excluding tert-OH is 1. The summed E-state index contributed by atoms with van der Waals surface area (Å²) in [6, 6.07) is 3.93. The van der Waals surface area contributed by atoms with E-state index >= 15 is 0 Å². The molecule has 0 saturated heterocycles. The molecule has 1 aromatic rings. The van der Waals surface area contributed by atoms with Gasteiger partial charge in [-0.2, -0.15) is 0 Å². The first-order valence-electron chi connectivity index (χ1n) is 5.26. The first kappa shape index (κ1) is 13.3. The predicted molar refractivity (Wildman–Crippen MR) is 66.2 cm³/mol.